The van der Waals surface area contributed by atoms with E-state index < -0.39 is 6.10 Å². The fourth-order valence-electron chi connectivity index (χ4n) is 7.98. The molecule has 0 bridgehead atoms. The van der Waals surface area contributed by atoms with Gasteiger partial charge in [-0.3, -0.25) is 14.4 Å². The van der Waals surface area contributed by atoms with E-state index in [4.69, 9.17) is 14.2 Å². The number of unbranched alkanes of at least 4 members (excludes halogenated alkanes) is 32. The highest BCUT2D eigenvalue weighted by atomic mass is 16.6. The maximum atomic E-state index is 12.8. The molecule has 0 radical (unpaired) electrons. The summed E-state index contributed by atoms with van der Waals surface area (Å²) in [5.74, 6) is -0.918. The lowest BCUT2D eigenvalue weighted by Gasteiger charge is -2.18. The minimum absolute atomic E-state index is 0.0877. The van der Waals surface area contributed by atoms with Crippen molar-refractivity contribution in [3.05, 3.63) is 72.9 Å². The van der Waals surface area contributed by atoms with E-state index in [1.807, 2.05) is 0 Å². The lowest BCUT2D eigenvalue weighted by molar-refractivity contribution is -0.167. The molecule has 0 N–H and O–H groups in total. The molecule has 1 unspecified atom stereocenters. The maximum absolute atomic E-state index is 12.8. The lowest BCUT2D eigenvalue weighted by Crippen LogP contribution is -2.30. The molecule has 0 aliphatic carbocycles. The summed E-state index contributed by atoms with van der Waals surface area (Å²) >= 11 is 0. The van der Waals surface area contributed by atoms with Crippen molar-refractivity contribution in [3.63, 3.8) is 0 Å². The Morgan fingerprint density at radius 3 is 0.881 bits per heavy atom. The molecule has 386 valence electrons. The molecule has 67 heavy (non-hydrogen) atoms. The van der Waals surface area contributed by atoms with E-state index in [1.165, 1.54) is 135 Å². The summed E-state index contributed by atoms with van der Waals surface area (Å²) in [7, 11) is 0. The van der Waals surface area contributed by atoms with E-state index in [1.54, 1.807) is 0 Å². The van der Waals surface area contributed by atoms with Gasteiger partial charge in [0.1, 0.15) is 13.2 Å². The average Bonchev–Trinajstić information content (AvgIpc) is 3.33. The second-order valence-corrected chi connectivity index (χ2v) is 19.0. The molecule has 0 aromatic carbocycles. The van der Waals surface area contributed by atoms with Crippen LogP contribution in [0.2, 0.25) is 0 Å². The van der Waals surface area contributed by atoms with Crippen LogP contribution in [0, 0.1) is 0 Å². The molecule has 0 saturated carbocycles. The molecule has 0 aliphatic rings. The van der Waals surface area contributed by atoms with Crippen LogP contribution in [0.1, 0.15) is 278 Å². The number of allylic oxidation sites excluding steroid dienone is 12. The fraction of sp³-hybridized carbons (Fsp3) is 0.754. The van der Waals surface area contributed by atoms with Crippen molar-refractivity contribution in [2.24, 2.45) is 0 Å². The molecule has 0 rings (SSSR count). The molecule has 0 fully saturated rings. The first-order valence-corrected chi connectivity index (χ1v) is 28.5. The van der Waals surface area contributed by atoms with E-state index in [0.29, 0.717) is 19.3 Å². The van der Waals surface area contributed by atoms with Gasteiger partial charge in [-0.15, -0.1) is 0 Å². The number of carbonyl (C=O) groups excluding carboxylic acids is 3. The summed E-state index contributed by atoms with van der Waals surface area (Å²) in [5, 5.41) is 0. The number of carbonyl (C=O) groups is 3. The van der Waals surface area contributed by atoms with Crippen LogP contribution in [-0.4, -0.2) is 37.2 Å². The van der Waals surface area contributed by atoms with Crippen molar-refractivity contribution < 1.29 is 28.6 Å². The third-order valence-electron chi connectivity index (χ3n) is 12.3. The van der Waals surface area contributed by atoms with Gasteiger partial charge in [0, 0.05) is 19.3 Å². The van der Waals surface area contributed by atoms with Crippen LogP contribution in [0.4, 0.5) is 0 Å². The van der Waals surface area contributed by atoms with Crippen molar-refractivity contribution in [2.45, 2.75) is 284 Å². The van der Waals surface area contributed by atoms with Gasteiger partial charge in [-0.25, -0.2) is 0 Å². The number of esters is 3. The minimum atomic E-state index is -0.792. The predicted molar refractivity (Wildman–Crippen MR) is 288 cm³/mol. The zero-order valence-electron chi connectivity index (χ0n) is 44.2. The maximum Gasteiger partial charge on any atom is 0.306 e. The molecule has 6 nitrogen and oxygen atoms in total. The Bertz CT molecular complexity index is 1260. The largest absolute Gasteiger partial charge is 0.462 e. The molecule has 0 spiro atoms. The van der Waals surface area contributed by atoms with E-state index in [9.17, 15) is 14.4 Å². The van der Waals surface area contributed by atoms with Crippen LogP contribution >= 0.6 is 0 Å². The van der Waals surface area contributed by atoms with Gasteiger partial charge in [0.15, 0.2) is 6.10 Å². The first-order valence-electron chi connectivity index (χ1n) is 28.5. The van der Waals surface area contributed by atoms with Crippen molar-refractivity contribution in [2.75, 3.05) is 13.2 Å². The molecule has 0 aliphatic heterocycles. The normalized spacial score (nSPS) is 12.6. The fourth-order valence-corrected chi connectivity index (χ4v) is 7.98. The Kier molecular flexibility index (Phi) is 52.8. The van der Waals surface area contributed by atoms with E-state index in [0.717, 1.165) is 103 Å². The van der Waals surface area contributed by atoms with Crippen LogP contribution < -0.4 is 0 Å². The summed E-state index contributed by atoms with van der Waals surface area (Å²) in [4.78, 5) is 38.1. The average molecular weight is 936 g/mol. The lowest BCUT2D eigenvalue weighted by atomic mass is 10.0. The summed E-state index contributed by atoms with van der Waals surface area (Å²) in [6, 6.07) is 0. The molecule has 0 heterocycles. The quantitative estimate of drug-likeness (QED) is 0.0262. The minimum Gasteiger partial charge on any atom is -0.462 e. The first kappa shape index (κ1) is 63.8. The van der Waals surface area contributed by atoms with Crippen LogP contribution in [0.3, 0.4) is 0 Å². The van der Waals surface area contributed by atoms with Crippen molar-refractivity contribution in [1.82, 2.24) is 0 Å². The third-order valence-corrected chi connectivity index (χ3v) is 12.3. The molecule has 0 aromatic heterocycles. The van der Waals surface area contributed by atoms with Gasteiger partial charge < -0.3 is 14.2 Å². The zero-order chi connectivity index (χ0) is 48.6. The van der Waals surface area contributed by atoms with Gasteiger partial charge >= 0.3 is 17.9 Å². The van der Waals surface area contributed by atoms with Gasteiger partial charge in [-0.2, -0.15) is 0 Å². The number of rotatable bonds is 51. The van der Waals surface area contributed by atoms with Crippen molar-refractivity contribution in [3.8, 4) is 0 Å². The van der Waals surface area contributed by atoms with Crippen LogP contribution in [0.5, 0.6) is 0 Å². The Balaban J connectivity index is 4.45. The Labute approximate surface area is 414 Å². The SMILES string of the molecule is CCCCC\C=C/C=C\C=C/C=C\CCCCCCCC(=O)OCC(COC(=O)CCCCCCCCCCCCCCC)OC(=O)CCCCCCC/C=C\C=C/CCCCCCCCC. The molecule has 1 atom stereocenters. The van der Waals surface area contributed by atoms with Crippen LogP contribution in [-0.2, 0) is 28.6 Å². The summed E-state index contributed by atoms with van der Waals surface area (Å²) < 4.78 is 16.8. The molecule has 0 aromatic rings. The highest BCUT2D eigenvalue weighted by Gasteiger charge is 2.19. The van der Waals surface area contributed by atoms with Gasteiger partial charge in [-0.05, 0) is 70.6 Å². The third kappa shape index (κ3) is 53.7. The summed E-state index contributed by atoms with van der Waals surface area (Å²) in [5.41, 5.74) is 0. The first-order chi connectivity index (χ1) is 33.0. The van der Waals surface area contributed by atoms with Crippen molar-refractivity contribution in [1.29, 1.82) is 0 Å². The van der Waals surface area contributed by atoms with E-state index in [2.05, 4.69) is 93.7 Å². The highest BCUT2D eigenvalue weighted by Crippen LogP contribution is 2.15. The second-order valence-electron chi connectivity index (χ2n) is 19.0. The Morgan fingerprint density at radius 1 is 0.299 bits per heavy atom. The second kappa shape index (κ2) is 55.4. The smallest absolute Gasteiger partial charge is 0.306 e. The van der Waals surface area contributed by atoms with Crippen LogP contribution in [0.25, 0.3) is 0 Å². The zero-order valence-corrected chi connectivity index (χ0v) is 44.2. The standard InChI is InChI=1S/C61H106O6/c1-4-7-10-13-16-19-22-25-27-29-31-33-36-39-42-45-48-51-54-60(63)66-57-58(56-65-59(62)53-50-47-44-41-38-35-24-21-18-15-12-9-6-3)67-61(64)55-52-49-46-43-40-37-34-32-30-28-26-23-20-17-14-11-8-5-2/h16,19,22,25,27-34,58H,4-15,17-18,20-21,23-24,26,35-57H2,1-3H3/b19-16-,25-22-,29-27-,30-28-,33-31-,34-32-. The Morgan fingerprint density at radius 2 is 0.537 bits per heavy atom. The number of ether oxygens (including phenoxy) is 3. The number of hydrogen-bond acceptors (Lipinski definition) is 6. The molecular formula is C61H106O6. The summed E-state index contributed by atoms with van der Waals surface area (Å²) in [6.07, 6.45) is 70.2. The topological polar surface area (TPSA) is 78.9 Å². The predicted octanol–water partition coefficient (Wildman–Crippen LogP) is 19.0. The molecule has 0 saturated heterocycles. The molecular weight excluding hydrogens is 829 g/mol. The van der Waals surface area contributed by atoms with E-state index in [-0.39, 0.29) is 31.1 Å². The van der Waals surface area contributed by atoms with Gasteiger partial charge in [0.2, 0.25) is 0 Å². The Hall–Kier alpha value is -3.15. The van der Waals surface area contributed by atoms with Crippen molar-refractivity contribution >= 4 is 17.9 Å². The van der Waals surface area contributed by atoms with Gasteiger partial charge in [-0.1, -0.05) is 261 Å². The number of hydrogen-bond donors (Lipinski definition) is 0. The van der Waals surface area contributed by atoms with E-state index >= 15 is 0 Å². The molecule has 0 amide bonds. The van der Waals surface area contributed by atoms with Gasteiger partial charge in [0.25, 0.3) is 0 Å². The summed E-state index contributed by atoms with van der Waals surface area (Å²) in [6.45, 7) is 6.58. The molecule has 6 heteroatoms. The van der Waals surface area contributed by atoms with Crippen LogP contribution in [0.15, 0.2) is 72.9 Å². The monoisotopic (exact) mass is 935 g/mol. The van der Waals surface area contributed by atoms with Gasteiger partial charge in [0.05, 0.1) is 0 Å². The highest BCUT2D eigenvalue weighted by molar-refractivity contribution is 5.71.